The minimum Gasteiger partial charge on any atom is -0.478 e. The molecule has 0 bridgehead atoms. The van der Waals surface area contributed by atoms with Crippen molar-refractivity contribution in [2.45, 2.75) is 12.8 Å². The van der Waals surface area contributed by atoms with Gasteiger partial charge in [-0.3, -0.25) is 0 Å². The van der Waals surface area contributed by atoms with Crippen LogP contribution in [-0.2, 0) is 0 Å². The van der Waals surface area contributed by atoms with E-state index in [0.29, 0.717) is 12.5 Å². The summed E-state index contributed by atoms with van der Waals surface area (Å²) in [6.45, 7) is 0.654. The molecule has 2 rings (SSSR count). The Morgan fingerprint density at radius 1 is 1.53 bits per heavy atom. The second-order valence-corrected chi connectivity index (χ2v) is 3.79. The van der Waals surface area contributed by atoms with E-state index >= 15 is 0 Å². The van der Waals surface area contributed by atoms with E-state index in [1.165, 1.54) is 18.2 Å². The molecule has 0 amide bonds. The van der Waals surface area contributed by atoms with Gasteiger partial charge in [-0.25, -0.2) is 9.18 Å². The summed E-state index contributed by atoms with van der Waals surface area (Å²) in [7, 11) is 0. The maximum Gasteiger partial charge on any atom is 0.337 e. The number of benzene rings is 1. The smallest absolute Gasteiger partial charge is 0.337 e. The Hall–Kier alpha value is -1.58. The van der Waals surface area contributed by atoms with E-state index in [2.05, 4.69) is 5.32 Å². The summed E-state index contributed by atoms with van der Waals surface area (Å²) in [5.41, 5.74) is 0.104. The molecule has 1 aromatic rings. The molecule has 1 aliphatic rings. The van der Waals surface area contributed by atoms with Crippen molar-refractivity contribution in [3.8, 4) is 0 Å². The van der Waals surface area contributed by atoms with Crippen LogP contribution in [0, 0.1) is 11.7 Å². The van der Waals surface area contributed by atoms with Crippen LogP contribution in [0.2, 0.25) is 0 Å². The average Bonchev–Trinajstić information content (AvgIpc) is 2.99. The lowest BCUT2D eigenvalue weighted by atomic mass is 10.1. The number of carbonyl (C=O) groups is 1. The van der Waals surface area contributed by atoms with Crippen LogP contribution in [0.5, 0.6) is 0 Å². The fourth-order valence-electron chi connectivity index (χ4n) is 1.45. The van der Waals surface area contributed by atoms with Crippen LogP contribution in [0.1, 0.15) is 23.2 Å². The van der Waals surface area contributed by atoms with Gasteiger partial charge in [0.2, 0.25) is 0 Å². The monoisotopic (exact) mass is 209 g/mol. The Morgan fingerprint density at radius 3 is 2.87 bits per heavy atom. The molecular weight excluding hydrogens is 197 g/mol. The number of hydrogen-bond acceptors (Lipinski definition) is 2. The molecule has 0 radical (unpaired) electrons. The number of halogens is 1. The van der Waals surface area contributed by atoms with Gasteiger partial charge in [0.1, 0.15) is 5.82 Å². The second-order valence-electron chi connectivity index (χ2n) is 3.79. The third-order valence-electron chi connectivity index (χ3n) is 2.51. The Balaban J connectivity index is 2.20. The van der Waals surface area contributed by atoms with Gasteiger partial charge in [-0.1, -0.05) is 6.07 Å². The van der Waals surface area contributed by atoms with Gasteiger partial charge in [-0.15, -0.1) is 0 Å². The molecule has 1 saturated carbocycles. The first-order valence-corrected chi connectivity index (χ1v) is 4.94. The number of hydrogen-bond donors (Lipinski definition) is 2. The zero-order valence-electron chi connectivity index (χ0n) is 8.16. The summed E-state index contributed by atoms with van der Waals surface area (Å²) in [5.74, 6) is -1.03. The number of anilines is 1. The molecule has 0 saturated heterocycles. The normalized spacial score (nSPS) is 15.0. The lowest BCUT2D eigenvalue weighted by Gasteiger charge is -2.09. The zero-order valence-corrected chi connectivity index (χ0v) is 8.16. The van der Waals surface area contributed by atoms with Gasteiger partial charge in [-0.2, -0.15) is 0 Å². The molecule has 0 heterocycles. The first-order valence-electron chi connectivity index (χ1n) is 4.94. The van der Waals surface area contributed by atoms with Crippen molar-refractivity contribution < 1.29 is 14.3 Å². The number of nitrogens with one attached hydrogen (secondary N) is 1. The standard InChI is InChI=1S/C11H12FNO2/c12-9-3-1-2-8(11(14)15)10(9)13-6-7-4-5-7/h1-3,7,13H,4-6H2,(H,14,15). The van der Waals surface area contributed by atoms with Crippen molar-refractivity contribution in [1.82, 2.24) is 0 Å². The summed E-state index contributed by atoms with van der Waals surface area (Å²) in [6, 6.07) is 4.07. The SMILES string of the molecule is O=C(O)c1cccc(F)c1NCC1CC1. The van der Waals surface area contributed by atoms with Crippen molar-refractivity contribution in [2.75, 3.05) is 11.9 Å². The van der Waals surface area contributed by atoms with E-state index in [4.69, 9.17) is 5.11 Å². The number of carboxylic acids is 1. The first kappa shape index (κ1) is 9.96. The second kappa shape index (κ2) is 3.88. The van der Waals surface area contributed by atoms with E-state index in [-0.39, 0.29) is 11.3 Å². The summed E-state index contributed by atoms with van der Waals surface area (Å²) in [5, 5.41) is 11.7. The Bertz CT molecular complexity index is 388. The molecule has 80 valence electrons. The Labute approximate surface area is 86.9 Å². The molecule has 0 unspecified atom stereocenters. The minimum atomic E-state index is -1.10. The zero-order chi connectivity index (χ0) is 10.8. The van der Waals surface area contributed by atoms with Gasteiger partial charge in [0.15, 0.2) is 0 Å². The third kappa shape index (κ3) is 2.26. The lowest BCUT2D eigenvalue weighted by molar-refractivity contribution is 0.0697. The maximum atomic E-state index is 13.4. The van der Waals surface area contributed by atoms with Crippen molar-refractivity contribution in [2.24, 2.45) is 5.92 Å². The molecule has 1 aliphatic carbocycles. The van der Waals surface area contributed by atoms with E-state index < -0.39 is 11.8 Å². The van der Waals surface area contributed by atoms with Gasteiger partial charge in [0.05, 0.1) is 11.3 Å². The van der Waals surface area contributed by atoms with E-state index in [1.807, 2.05) is 0 Å². The van der Waals surface area contributed by atoms with Gasteiger partial charge < -0.3 is 10.4 Å². The van der Waals surface area contributed by atoms with Crippen LogP contribution in [0.25, 0.3) is 0 Å². The molecular formula is C11H12FNO2. The van der Waals surface area contributed by atoms with Gasteiger partial charge >= 0.3 is 5.97 Å². The molecule has 0 spiro atoms. The van der Waals surface area contributed by atoms with E-state index in [1.54, 1.807) is 0 Å². The van der Waals surface area contributed by atoms with Gasteiger partial charge in [0.25, 0.3) is 0 Å². The highest BCUT2D eigenvalue weighted by atomic mass is 19.1. The fraction of sp³-hybridized carbons (Fsp3) is 0.364. The number of carboxylic acid groups (broad SMARTS) is 1. The third-order valence-corrected chi connectivity index (χ3v) is 2.51. The highest BCUT2D eigenvalue weighted by Gasteiger charge is 2.22. The maximum absolute atomic E-state index is 13.4. The molecule has 0 aromatic heterocycles. The van der Waals surface area contributed by atoms with Crippen molar-refractivity contribution in [3.05, 3.63) is 29.6 Å². The predicted octanol–water partition coefficient (Wildman–Crippen LogP) is 2.35. The summed E-state index contributed by atoms with van der Waals surface area (Å²) < 4.78 is 13.4. The minimum absolute atomic E-state index is 0.00403. The molecule has 3 nitrogen and oxygen atoms in total. The van der Waals surface area contributed by atoms with Crippen molar-refractivity contribution >= 4 is 11.7 Å². The average molecular weight is 209 g/mol. The van der Waals surface area contributed by atoms with Crippen LogP contribution in [0.15, 0.2) is 18.2 Å². The number of aromatic carboxylic acids is 1. The van der Waals surface area contributed by atoms with Crippen LogP contribution < -0.4 is 5.32 Å². The molecule has 4 heteroatoms. The molecule has 0 aliphatic heterocycles. The summed E-state index contributed by atoms with van der Waals surface area (Å²) in [4.78, 5) is 10.8. The van der Waals surface area contributed by atoms with Crippen molar-refractivity contribution in [3.63, 3.8) is 0 Å². The predicted molar refractivity (Wildman–Crippen MR) is 54.6 cm³/mol. The van der Waals surface area contributed by atoms with Crippen molar-refractivity contribution in [1.29, 1.82) is 0 Å². The molecule has 2 N–H and O–H groups in total. The van der Waals surface area contributed by atoms with Crippen LogP contribution in [0.4, 0.5) is 10.1 Å². The number of rotatable bonds is 4. The van der Waals surface area contributed by atoms with Crippen LogP contribution in [-0.4, -0.2) is 17.6 Å². The Morgan fingerprint density at radius 2 is 2.27 bits per heavy atom. The highest BCUT2D eigenvalue weighted by Crippen LogP contribution is 2.30. The number of para-hydroxylation sites is 1. The van der Waals surface area contributed by atoms with E-state index in [0.717, 1.165) is 12.8 Å². The molecule has 15 heavy (non-hydrogen) atoms. The fourth-order valence-corrected chi connectivity index (χ4v) is 1.45. The summed E-state index contributed by atoms with van der Waals surface area (Å²) >= 11 is 0. The largest absolute Gasteiger partial charge is 0.478 e. The van der Waals surface area contributed by atoms with E-state index in [9.17, 15) is 9.18 Å². The van der Waals surface area contributed by atoms with Crippen LogP contribution >= 0.6 is 0 Å². The Kier molecular flexibility index (Phi) is 2.58. The quantitative estimate of drug-likeness (QED) is 0.800. The molecule has 1 aromatic carbocycles. The molecule has 1 fully saturated rings. The highest BCUT2D eigenvalue weighted by molar-refractivity contribution is 5.94. The lowest BCUT2D eigenvalue weighted by Crippen LogP contribution is -2.10. The summed E-state index contributed by atoms with van der Waals surface area (Å²) in [6.07, 6.45) is 2.29. The first-order chi connectivity index (χ1) is 7.18. The molecule has 0 atom stereocenters. The van der Waals surface area contributed by atoms with Gasteiger partial charge in [0, 0.05) is 6.54 Å². The van der Waals surface area contributed by atoms with Crippen LogP contribution in [0.3, 0.4) is 0 Å². The van der Waals surface area contributed by atoms with Gasteiger partial charge in [-0.05, 0) is 30.9 Å². The topological polar surface area (TPSA) is 49.3 Å².